The van der Waals surface area contributed by atoms with Crippen molar-refractivity contribution in [3.05, 3.63) is 63.8 Å². The van der Waals surface area contributed by atoms with Crippen molar-refractivity contribution in [1.29, 1.82) is 0 Å². The fourth-order valence-electron chi connectivity index (χ4n) is 2.81. The average Bonchev–Trinajstić information content (AvgIpc) is 3.41. The summed E-state index contributed by atoms with van der Waals surface area (Å²) in [5.41, 5.74) is 2.16. The number of thiophene rings is 1. The lowest BCUT2D eigenvalue weighted by Gasteiger charge is -2.14. The van der Waals surface area contributed by atoms with E-state index in [9.17, 15) is 9.59 Å². The van der Waals surface area contributed by atoms with E-state index in [-0.39, 0.29) is 11.5 Å². The number of carbonyl (C=O) groups is 1. The van der Waals surface area contributed by atoms with Crippen LogP contribution >= 0.6 is 11.3 Å². The molecule has 3 aromatic heterocycles. The second kappa shape index (κ2) is 7.40. The summed E-state index contributed by atoms with van der Waals surface area (Å²) < 4.78 is 1.22. The largest absolute Gasteiger partial charge is 0.349 e. The highest BCUT2D eigenvalue weighted by atomic mass is 32.1. The Balaban J connectivity index is 1.46. The van der Waals surface area contributed by atoms with Crippen LogP contribution in [0.15, 0.2) is 46.8 Å². The Hall–Kier alpha value is -2.87. The molecule has 4 rings (SSSR count). The second-order valence-corrected chi connectivity index (χ2v) is 7.53. The minimum Gasteiger partial charge on any atom is -0.349 e. The zero-order valence-electron chi connectivity index (χ0n) is 14.8. The first-order valence-electron chi connectivity index (χ1n) is 8.84. The molecule has 1 fully saturated rings. The summed E-state index contributed by atoms with van der Waals surface area (Å²) in [7, 11) is 0. The van der Waals surface area contributed by atoms with E-state index in [0.717, 1.165) is 29.1 Å². The molecule has 1 amide bonds. The minimum absolute atomic E-state index is 0.278. The van der Waals surface area contributed by atoms with E-state index in [1.165, 1.54) is 28.4 Å². The number of aromatic nitrogens is 4. The van der Waals surface area contributed by atoms with Gasteiger partial charge in [-0.3, -0.25) is 9.59 Å². The van der Waals surface area contributed by atoms with Crippen molar-refractivity contribution in [2.24, 2.45) is 0 Å². The zero-order valence-corrected chi connectivity index (χ0v) is 15.6. The molecule has 7 nitrogen and oxygen atoms in total. The molecule has 1 aliphatic rings. The van der Waals surface area contributed by atoms with Gasteiger partial charge in [-0.1, -0.05) is 6.07 Å². The van der Waals surface area contributed by atoms with E-state index < -0.39 is 6.04 Å². The van der Waals surface area contributed by atoms with Crippen molar-refractivity contribution < 1.29 is 4.79 Å². The molecule has 0 aliphatic heterocycles. The number of nitrogens with zero attached hydrogens (tertiary/aromatic N) is 4. The van der Waals surface area contributed by atoms with Gasteiger partial charge in [0.15, 0.2) is 0 Å². The molecule has 1 aliphatic carbocycles. The third-order valence-corrected chi connectivity index (χ3v) is 5.42. The number of nitrogens with one attached hydrogen (secondary N) is 1. The van der Waals surface area contributed by atoms with Gasteiger partial charge in [0.1, 0.15) is 18.1 Å². The molecule has 138 valence electrons. The van der Waals surface area contributed by atoms with E-state index in [1.54, 1.807) is 13.0 Å². The summed E-state index contributed by atoms with van der Waals surface area (Å²) in [6, 6.07) is 8.18. The molecule has 1 unspecified atom stereocenters. The van der Waals surface area contributed by atoms with Crippen LogP contribution in [0.1, 0.15) is 43.1 Å². The second-order valence-electron chi connectivity index (χ2n) is 6.58. The van der Waals surface area contributed by atoms with Crippen LogP contribution in [0.2, 0.25) is 0 Å². The normalized spacial score (nSPS) is 14.7. The Kier molecular flexibility index (Phi) is 4.81. The maximum atomic E-state index is 12.5. The van der Waals surface area contributed by atoms with E-state index in [0.29, 0.717) is 18.2 Å². The quantitative estimate of drug-likeness (QED) is 0.709. The first-order chi connectivity index (χ1) is 13.1. The van der Waals surface area contributed by atoms with Gasteiger partial charge >= 0.3 is 0 Å². The third kappa shape index (κ3) is 3.95. The lowest BCUT2D eigenvalue weighted by Crippen LogP contribution is -2.36. The maximum absolute atomic E-state index is 12.5. The third-order valence-electron chi connectivity index (χ3n) is 4.53. The average molecular weight is 381 g/mol. The zero-order chi connectivity index (χ0) is 18.8. The number of carbonyl (C=O) groups excluding carboxylic acids is 1. The fourth-order valence-corrected chi connectivity index (χ4v) is 3.50. The molecular formula is C19H19N5O2S. The number of hydrogen-bond donors (Lipinski definition) is 1. The molecule has 3 heterocycles. The van der Waals surface area contributed by atoms with E-state index in [1.807, 2.05) is 23.6 Å². The van der Waals surface area contributed by atoms with Crippen molar-refractivity contribution in [1.82, 2.24) is 25.1 Å². The number of hydrogen-bond acceptors (Lipinski definition) is 6. The Morgan fingerprint density at radius 2 is 2.19 bits per heavy atom. The van der Waals surface area contributed by atoms with Crippen molar-refractivity contribution in [3.63, 3.8) is 0 Å². The van der Waals surface area contributed by atoms with Crippen LogP contribution in [0, 0.1) is 0 Å². The van der Waals surface area contributed by atoms with E-state index in [2.05, 4.69) is 20.4 Å². The van der Waals surface area contributed by atoms with Crippen molar-refractivity contribution >= 4 is 17.2 Å². The van der Waals surface area contributed by atoms with Crippen LogP contribution in [-0.4, -0.2) is 25.7 Å². The molecular weight excluding hydrogens is 362 g/mol. The summed E-state index contributed by atoms with van der Waals surface area (Å²) >= 11 is 1.53. The van der Waals surface area contributed by atoms with Crippen LogP contribution < -0.4 is 10.9 Å². The first kappa shape index (κ1) is 17.5. The van der Waals surface area contributed by atoms with E-state index >= 15 is 0 Å². The van der Waals surface area contributed by atoms with Gasteiger partial charge in [0, 0.05) is 17.7 Å². The molecule has 1 atom stereocenters. The van der Waals surface area contributed by atoms with Crippen molar-refractivity contribution in [2.45, 2.75) is 38.3 Å². The molecule has 0 spiro atoms. The minimum atomic E-state index is -0.720. The summed E-state index contributed by atoms with van der Waals surface area (Å²) in [4.78, 5) is 34.2. The Morgan fingerprint density at radius 3 is 2.93 bits per heavy atom. The predicted molar refractivity (Wildman–Crippen MR) is 102 cm³/mol. The highest BCUT2D eigenvalue weighted by Gasteiger charge is 2.25. The summed E-state index contributed by atoms with van der Waals surface area (Å²) in [5, 5.41) is 9.15. The topological polar surface area (TPSA) is 89.8 Å². The highest BCUT2D eigenvalue weighted by Crippen LogP contribution is 2.38. The number of amides is 1. The Bertz CT molecular complexity index is 1010. The van der Waals surface area contributed by atoms with E-state index in [4.69, 9.17) is 0 Å². The lowest BCUT2D eigenvalue weighted by molar-refractivity contribution is -0.124. The maximum Gasteiger partial charge on any atom is 0.267 e. The van der Waals surface area contributed by atoms with Gasteiger partial charge in [-0.05, 0) is 43.3 Å². The highest BCUT2D eigenvalue weighted by molar-refractivity contribution is 7.13. The van der Waals surface area contributed by atoms with Crippen LogP contribution in [0.5, 0.6) is 0 Å². The van der Waals surface area contributed by atoms with Crippen LogP contribution in [0.4, 0.5) is 0 Å². The molecule has 1 N–H and O–H groups in total. The molecule has 0 aromatic carbocycles. The molecule has 3 aromatic rings. The van der Waals surface area contributed by atoms with Gasteiger partial charge in [0.2, 0.25) is 5.91 Å². The van der Waals surface area contributed by atoms with Gasteiger partial charge in [0.25, 0.3) is 5.56 Å². The summed E-state index contributed by atoms with van der Waals surface area (Å²) in [6.07, 6.45) is 3.86. The van der Waals surface area contributed by atoms with Gasteiger partial charge < -0.3 is 5.32 Å². The standard InChI is InChI=1S/C19H19N5O2S/c1-12(24-18(25)7-6-15(23-24)17-3-2-8-27-17)19(26)20-10-14-9-16(13-4-5-13)22-11-21-14/h2-3,6-9,11-13H,4-5,10H2,1H3,(H,20,26). The Labute approximate surface area is 160 Å². The van der Waals surface area contributed by atoms with Gasteiger partial charge in [-0.2, -0.15) is 5.10 Å². The van der Waals surface area contributed by atoms with Crippen LogP contribution in [-0.2, 0) is 11.3 Å². The monoisotopic (exact) mass is 381 g/mol. The Morgan fingerprint density at radius 1 is 1.33 bits per heavy atom. The van der Waals surface area contributed by atoms with Crippen LogP contribution in [0.3, 0.4) is 0 Å². The lowest BCUT2D eigenvalue weighted by atomic mass is 10.2. The smallest absolute Gasteiger partial charge is 0.267 e. The number of rotatable bonds is 6. The van der Waals surface area contributed by atoms with Crippen LogP contribution in [0.25, 0.3) is 10.6 Å². The molecule has 27 heavy (non-hydrogen) atoms. The molecule has 8 heteroatoms. The van der Waals surface area contributed by atoms with Gasteiger partial charge in [-0.15, -0.1) is 11.3 Å². The van der Waals surface area contributed by atoms with Gasteiger partial charge in [0.05, 0.1) is 17.1 Å². The fraction of sp³-hybridized carbons (Fsp3) is 0.316. The van der Waals surface area contributed by atoms with Crippen molar-refractivity contribution in [3.8, 4) is 10.6 Å². The van der Waals surface area contributed by atoms with Crippen molar-refractivity contribution in [2.75, 3.05) is 0 Å². The SMILES string of the molecule is CC(C(=O)NCc1cc(C2CC2)ncn1)n1nc(-c2cccs2)ccc1=O. The summed E-state index contributed by atoms with van der Waals surface area (Å²) in [5.74, 6) is 0.253. The molecule has 0 saturated heterocycles. The summed E-state index contributed by atoms with van der Waals surface area (Å²) in [6.45, 7) is 1.96. The molecule has 0 bridgehead atoms. The predicted octanol–water partition coefficient (Wildman–Crippen LogP) is 2.52. The molecule has 1 saturated carbocycles. The molecule has 0 radical (unpaired) electrons. The first-order valence-corrected chi connectivity index (χ1v) is 9.72. The van der Waals surface area contributed by atoms with Gasteiger partial charge in [-0.25, -0.2) is 14.6 Å².